The molecule has 0 radical (unpaired) electrons. The summed E-state index contributed by atoms with van der Waals surface area (Å²) >= 11 is 0. The van der Waals surface area contributed by atoms with Crippen LogP contribution in [0.1, 0.15) is 88.5 Å². The third-order valence-corrected chi connectivity index (χ3v) is 3.34. The van der Waals surface area contributed by atoms with Gasteiger partial charge in [0.15, 0.2) is 0 Å². The molecule has 0 amide bonds. The van der Waals surface area contributed by atoms with Crippen LogP contribution in [0.5, 0.6) is 0 Å². The molecule has 0 fully saturated rings. The van der Waals surface area contributed by atoms with Crippen molar-refractivity contribution in [2.45, 2.75) is 94.6 Å². The average Bonchev–Trinajstić information content (AvgIpc) is 2.36. The number of methoxy groups -OCH3 is 2. The quantitative estimate of drug-likeness (QED) is 0.494. The van der Waals surface area contributed by atoms with Crippen LogP contribution in [-0.4, -0.2) is 26.9 Å². The zero-order valence-electron chi connectivity index (χ0n) is 19.0. The molecule has 0 bridgehead atoms. The number of rotatable bonds is 5. The zero-order chi connectivity index (χ0) is 20.0. The Bertz CT molecular complexity index is 274. The van der Waals surface area contributed by atoms with E-state index in [0.717, 1.165) is 12.8 Å². The van der Waals surface area contributed by atoms with E-state index < -0.39 is 0 Å². The molecular formula is C22H48O2. The molecule has 0 rings (SSSR count). The molecule has 0 saturated carbocycles. The highest BCUT2D eigenvalue weighted by Gasteiger charge is 2.17. The monoisotopic (exact) mass is 344 g/mol. The van der Waals surface area contributed by atoms with Crippen molar-refractivity contribution < 1.29 is 9.47 Å². The van der Waals surface area contributed by atoms with Gasteiger partial charge in [0, 0.05) is 14.2 Å². The van der Waals surface area contributed by atoms with E-state index in [0.29, 0.717) is 22.9 Å². The van der Waals surface area contributed by atoms with Crippen molar-refractivity contribution in [3.8, 4) is 0 Å². The molecule has 2 nitrogen and oxygen atoms in total. The molecule has 148 valence electrons. The first kappa shape index (κ1) is 28.5. The van der Waals surface area contributed by atoms with E-state index in [1.54, 1.807) is 14.2 Å². The Morgan fingerprint density at radius 2 is 1.25 bits per heavy atom. The molecule has 0 N–H and O–H groups in total. The van der Waals surface area contributed by atoms with Crippen LogP contribution in [0.15, 0.2) is 12.7 Å². The first-order valence-electron chi connectivity index (χ1n) is 9.24. The summed E-state index contributed by atoms with van der Waals surface area (Å²) in [6.45, 7) is 26.5. The third kappa shape index (κ3) is 33.3. The molecule has 1 unspecified atom stereocenters. The van der Waals surface area contributed by atoms with Crippen molar-refractivity contribution in [1.82, 2.24) is 0 Å². The smallest absolute Gasteiger partial charge is 0.0809 e. The fourth-order valence-electron chi connectivity index (χ4n) is 1.51. The van der Waals surface area contributed by atoms with E-state index in [1.807, 2.05) is 6.08 Å². The highest BCUT2D eigenvalue weighted by molar-refractivity contribution is 4.75. The van der Waals surface area contributed by atoms with Crippen LogP contribution in [0, 0.1) is 16.2 Å². The number of allylic oxidation sites excluding steroid dienone is 1. The van der Waals surface area contributed by atoms with Gasteiger partial charge in [0.05, 0.1) is 12.7 Å². The normalized spacial score (nSPS) is 13.2. The van der Waals surface area contributed by atoms with Crippen molar-refractivity contribution in [2.75, 3.05) is 20.8 Å². The SMILES string of the molecule is C=CCC(C)(C)C.CCC(C)(C)C.COCC(CC(C)(C)C)OC. The Labute approximate surface area is 154 Å². The van der Waals surface area contributed by atoms with Crippen molar-refractivity contribution in [3.63, 3.8) is 0 Å². The van der Waals surface area contributed by atoms with Crippen LogP contribution in [-0.2, 0) is 9.47 Å². The van der Waals surface area contributed by atoms with Gasteiger partial charge in [0.2, 0.25) is 0 Å². The molecule has 0 aliphatic carbocycles. The maximum Gasteiger partial charge on any atom is 0.0809 e. The molecule has 0 aromatic rings. The lowest BCUT2D eigenvalue weighted by Gasteiger charge is -2.24. The van der Waals surface area contributed by atoms with Gasteiger partial charge >= 0.3 is 0 Å². The highest BCUT2D eigenvalue weighted by atomic mass is 16.5. The van der Waals surface area contributed by atoms with Crippen LogP contribution < -0.4 is 0 Å². The molecule has 0 aliphatic rings. The first-order valence-corrected chi connectivity index (χ1v) is 9.24. The van der Waals surface area contributed by atoms with Gasteiger partial charge in [0.25, 0.3) is 0 Å². The van der Waals surface area contributed by atoms with E-state index in [2.05, 4.69) is 75.8 Å². The summed E-state index contributed by atoms with van der Waals surface area (Å²) in [5, 5.41) is 0. The molecule has 0 spiro atoms. The highest BCUT2D eigenvalue weighted by Crippen LogP contribution is 2.22. The van der Waals surface area contributed by atoms with Gasteiger partial charge in [-0.25, -0.2) is 0 Å². The van der Waals surface area contributed by atoms with E-state index in [1.165, 1.54) is 6.42 Å². The topological polar surface area (TPSA) is 18.5 Å². The minimum atomic E-state index is 0.236. The van der Waals surface area contributed by atoms with E-state index in [4.69, 9.17) is 9.47 Å². The predicted molar refractivity (Wildman–Crippen MR) is 111 cm³/mol. The molecule has 0 heterocycles. The Balaban J connectivity index is -0.000000294. The second kappa shape index (κ2) is 13.9. The summed E-state index contributed by atoms with van der Waals surface area (Å²) in [4.78, 5) is 0. The third-order valence-electron chi connectivity index (χ3n) is 3.34. The van der Waals surface area contributed by atoms with Gasteiger partial charge in [0.1, 0.15) is 0 Å². The Morgan fingerprint density at radius 1 is 0.833 bits per heavy atom. The summed E-state index contributed by atoms with van der Waals surface area (Å²) in [5.41, 5.74) is 1.29. The van der Waals surface area contributed by atoms with E-state index in [9.17, 15) is 0 Å². The Morgan fingerprint density at radius 3 is 1.38 bits per heavy atom. The maximum atomic E-state index is 5.24. The maximum absolute atomic E-state index is 5.24. The van der Waals surface area contributed by atoms with Gasteiger partial charge in [-0.3, -0.25) is 0 Å². The largest absolute Gasteiger partial charge is 0.382 e. The average molecular weight is 345 g/mol. The molecule has 0 aliphatic heterocycles. The lowest BCUT2D eigenvalue weighted by molar-refractivity contribution is 0.00510. The minimum absolute atomic E-state index is 0.236. The van der Waals surface area contributed by atoms with Crippen LogP contribution in [0.2, 0.25) is 0 Å². The fourth-order valence-corrected chi connectivity index (χ4v) is 1.51. The second-order valence-electron chi connectivity index (χ2n) is 10.0. The summed E-state index contributed by atoms with van der Waals surface area (Å²) in [7, 11) is 3.43. The van der Waals surface area contributed by atoms with Crippen molar-refractivity contribution in [2.24, 2.45) is 16.2 Å². The van der Waals surface area contributed by atoms with Crippen molar-refractivity contribution in [3.05, 3.63) is 12.7 Å². The Kier molecular flexibility index (Phi) is 16.5. The standard InChI is InChI=1S/C9H20O2.C7H14.C6H14/c1-9(2,3)6-8(11-5)7-10-4;1-5-6-7(2,3)4;1-5-6(2,3)4/h8H,6-7H2,1-5H3;5H,1,6H2,2-4H3;5H2,1-4H3. The lowest BCUT2D eigenvalue weighted by Crippen LogP contribution is -2.23. The van der Waals surface area contributed by atoms with Gasteiger partial charge in [-0.2, -0.15) is 0 Å². The van der Waals surface area contributed by atoms with Gasteiger partial charge in [-0.05, 0) is 29.1 Å². The van der Waals surface area contributed by atoms with Crippen LogP contribution in [0.4, 0.5) is 0 Å². The lowest BCUT2D eigenvalue weighted by atomic mass is 9.89. The van der Waals surface area contributed by atoms with Crippen LogP contribution >= 0.6 is 0 Å². The van der Waals surface area contributed by atoms with Gasteiger partial charge in [-0.15, -0.1) is 6.58 Å². The van der Waals surface area contributed by atoms with Gasteiger partial charge < -0.3 is 9.47 Å². The molecule has 0 aromatic heterocycles. The fraction of sp³-hybridized carbons (Fsp3) is 0.909. The molecule has 24 heavy (non-hydrogen) atoms. The molecule has 2 heteroatoms. The summed E-state index contributed by atoms with van der Waals surface area (Å²) in [5.74, 6) is 0. The summed E-state index contributed by atoms with van der Waals surface area (Å²) < 4.78 is 10.3. The van der Waals surface area contributed by atoms with Crippen LogP contribution in [0.3, 0.4) is 0 Å². The second-order valence-corrected chi connectivity index (χ2v) is 10.0. The van der Waals surface area contributed by atoms with Crippen molar-refractivity contribution in [1.29, 1.82) is 0 Å². The first-order chi connectivity index (χ1) is 10.6. The van der Waals surface area contributed by atoms with E-state index >= 15 is 0 Å². The van der Waals surface area contributed by atoms with Crippen molar-refractivity contribution >= 4 is 0 Å². The van der Waals surface area contributed by atoms with Gasteiger partial charge in [-0.1, -0.05) is 81.7 Å². The molecular weight excluding hydrogens is 296 g/mol. The number of hydrogen-bond acceptors (Lipinski definition) is 2. The Hall–Kier alpha value is -0.340. The molecule has 1 atom stereocenters. The summed E-state index contributed by atoms with van der Waals surface area (Å²) in [6.07, 6.45) is 5.61. The predicted octanol–water partition coefficient (Wildman–Crippen LogP) is 7.14. The molecule has 0 aromatic carbocycles. The minimum Gasteiger partial charge on any atom is -0.382 e. The molecule has 0 saturated heterocycles. The summed E-state index contributed by atoms with van der Waals surface area (Å²) in [6, 6.07) is 0. The zero-order valence-corrected chi connectivity index (χ0v) is 19.0. The van der Waals surface area contributed by atoms with E-state index in [-0.39, 0.29) is 6.10 Å². The van der Waals surface area contributed by atoms with Crippen LogP contribution in [0.25, 0.3) is 0 Å². The number of hydrogen-bond donors (Lipinski definition) is 0. The number of ether oxygens (including phenoxy) is 2.